The third-order valence-electron chi connectivity index (χ3n) is 3.44. The van der Waals surface area contributed by atoms with Crippen LogP contribution in [-0.4, -0.2) is 6.54 Å². The van der Waals surface area contributed by atoms with Crippen LogP contribution in [-0.2, 0) is 6.54 Å². The average molecular weight is 214 g/mol. The summed E-state index contributed by atoms with van der Waals surface area (Å²) in [6, 6.07) is 8.06. The zero-order chi connectivity index (χ0) is 11.6. The molecule has 2 rings (SSSR count). The van der Waals surface area contributed by atoms with Crippen LogP contribution < -0.4 is 5.32 Å². The second kappa shape index (κ2) is 4.27. The van der Waals surface area contributed by atoms with Crippen LogP contribution in [0.1, 0.15) is 36.5 Å². The molecule has 16 heavy (non-hydrogen) atoms. The van der Waals surface area contributed by atoms with E-state index in [9.17, 15) is 0 Å². The minimum Gasteiger partial charge on any atom is -0.312 e. The highest BCUT2D eigenvalue weighted by molar-refractivity contribution is 5.37. The highest BCUT2D eigenvalue weighted by Gasteiger charge is 2.36. The van der Waals surface area contributed by atoms with E-state index in [1.54, 1.807) is 0 Å². The summed E-state index contributed by atoms with van der Waals surface area (Å²) >= 11 is 0. The molecule has 1 fully saturated rings. The van der Waals surface area contributed by atoms with Crippen LogP contribution in [0.5, 0.6) is 0 Å². The molecular weight excluding hydrogens is 196 g/mol. The second-order valence-electron chi connectivity index (χ2n) is 5.17. The molecule has 1 aromatic carbocycles. The Morgan fingerprint density at radius 2 is 2.19 bits per heavy atom. The Balaban J connectivity index is 1.91. The highest BCUT2D eigenvalue weighted by atomic mass is 14.9. The van der Waals surface area contributed by atoms with Crippen LogP contribution in [0, 0.1) is 23.7 Å². The van der Waals surface area contributed by atoms with Gasteiger partial charge in [-0.15, -0.1) is 0 Å². The number of nitriles is 1. The van der Waals surface area contributed by atoms with Crippen molar-refractivity contribution in [2.45, 2.75) is 33.2 Å². The van der Waals surface area contributed by atoms with E-state index in [1.165, 1.54) is 24.0 Å². The summed E-state index contributed by atoms with van der Waals surface area (Å²) in [6.07, 6.45) is 2.71. The molecule has 1 N–H and O–H groups in total. The van der Waals surface area contributed by atoms with E-state index < -0.39 is 0 Å². The zero-order valence-electron chi connectivity index (χ0n) is 10.0. The molecule has 1 saturated carbocycles. The Morgan fingerprint density at radius 1 is 1.44 bits per heavy atom. The summed E-state index contributed by atoms with van der Waals surface area (Å²) in [7, 11) is 0. The molecular formula is C14H18N2. The normalized spacial score (nSPS) is 16.8. The lowest BCUT2D eigenvalue weighted by molar-refractivity contribution is 0.499. The van der Waals surface area contributed by atoms with Crippen molar-refractivity contribution in [3.63, 3.8) is 0 Å². The molecule has 0 heterocycles. The van der Waals surface area contributed by atoms with Gasteiger partial charge in [-0.05, 0) is 48.4 Å². The smallest absolute Gasteiger partial charge is 0.0991 e. The monoisotopic (exact) mass is 214 g/mol. The quantitative estimate of drug-likeness (QED) is 0.836. The first-order valence-corrected chi connectivity index (χ1v) is 5.83. The van der Waals surface area contributed by atoms with Crippen LogP contribution in [0.3, 0.4) is 0 Å². The number of aryl methyl sites for hydroxylation is 1. The standard InChI is InChI=1S/C14H18N2/c1-11-7-12(8-15)3-4-13(11)9-16-10-14(2)5-6-14/h3-4,7,16H,5-6,9-10H2,1-2H3. The molecule has 0 aromatic heterocycles. The van der Waals surface area contributed by atoms with E-state index >= 15 is 0 Å². The molecule has 1 aliphatic carbocycles. The number of hydrogen-bond donors (Lipinski definition) is 1. The van der Waals surface area contributed by atoms with Crippen LogP contribution in [0.4, 0.5) is 0 Å². The summed E-state index contributed by atoms with van der Waals surface area (Å²) in [4.78, 5) is 0. The van der Waals surface area contributed by atoms with Crippen molar-refractivity contribution in [1.29, 1.82) is 5.26 Å². The van der Waals surface area contributed by atoms with Gasteiger partial charge in [0.25, 0.3) is 0 Å². The Labute approximate surface area is 97.3 Å². The lowest BCUT2D eigenvalue weighted by Gasteiger charge is -2.11. The van der Waals surface area contributed by atoms with E-state index in [0.717, 1.165) is 18.7 Å². The molecule has 0 amide bonds. The SMILES string of the molecule is Cc1cc(C#N)ccc1CNCC1(C)CC1. The number of benzene rings is 1. The number of nitrogens with zero attached hydrogens (tertiary/aromatic N) is 1. The Kier molecular flexibility index (Phi) is 2.98. The summed E-state index contributed by atoms with van der Waals surface area (Å²) in [5.41, 5.74) is 3.80. The van der Waals surface area contributed by atoms with Crippen molar-refractivity contribution in [3.05, 3.63) is 34.9 Å². The van der Waals surface area contributed by atoms with Gasteiger partial charge >= 0.3 is 0 Å². The highest BCUT2D eigenvalue weighted by Crippen LogP contribution is 2.44. The molecule has 0 spiro atoms. The van der Waals surface area contributed by atoms with Crippen LogP contribution >= 0.6 is 0 Å². The third kappa shape index (κ3) is 2.62. The molecule has 1 aromatic rings. The van der Waals surface area contributed by atoms with Gasteiger partial charge in [-0.3, -0.25) is 0 Å². The van der Waals surface area contributed by atoms with E-state index in [1.807, 2.05) is 12.1 Å². The van der Waals surface area contributed by atoms with Gasteiger partial charge in [0.2, 0.25) is 0 Å². The van der Waals surface area contributed by atoms with E-state index in [0.29, 0.717) is 5.41 Å². The first-order chi connectivity index (χ1) is 7.63. The van der Waals surface area contributed by atoms with Gasteiger partial charge in [0.05, 0.1) is 11.6 Å². The molecule has 84 valence electrons. The topological polar surface area (TPSA) is 35.8 Å². The molecule has 2 heteroatoms. The van der Waals surface area contributed by atoms with Gasteiger partial charge in [-0.25, -0.2) is 0 Å². The largest absolute Gasteiger partial charge is 0.312 e. The van der Waals surface area contributed by atoms with Gasteiger partial charge in [0, 0.05) is 13.1 Å². The predicted molar refractivity (Wildman–Crippen MR) is 64.9 cm³/mol. The molecule has 0 radical (unpaired) electrons. The van der Waals surface area contributed by atoms with Gasteiger partial charge < -0.3 is 5.32 Å². The second-order valence-corrected chi connectivity index (χ2v) is 5.17. The van der Waals surface area contributed by atoms with Gasteiger partial charge in [-0.1, -0.05) is 13.0 Å². The first kappa shape index (κ1) is 11.2. The summed E-state index contributed by atoms with van der Waals surface area (Å²) in [5.74, 6) is 0. The fourth-order valence-electron chi connectivity index (χ4n) is 1.85. The van der Waals surface area contributed by atoms with Crippen molar-refractivity contribution >= 4 is 0 Å². The third-order valence-corrected chi connectivity index (χ3v) is 3.44. The summed E-state index contributed by atoms with van der Waals surface area (Å²) in [5, 5.41) is 12.3. The lowest BCUT2D eigenvalue weighted by Crippen LogP contribution is -2.21. The maximum absolute atomic E-state index is 8.78. The summed E-state index contributed by atoms with van der Waals surface area (Å²) < 4.78 is 0. The Hall–Kier alpha value is -1.33. The fourth-order valence-corrected chi connectivity index (χ4v) is 1.85. The maximum Gasteiger partial charge on any atom is 0.0991 e. The van der Waals surface area contributed by atoms with E-state index in [2.05, 4.69) is 31.3 Å². The van der Waals surface area contributed by atoms with Crippen molar-refractivity contribution in [2.24, 2.45) is 5.41 Å². The molecule has 0 bridgehead atoms. The molecule has 0 atom stereocenters. The van der Waals surface area contributed by atoms with Crippen molar-refractivity contribution in [2.75, 3.05) is 6.54 Å². The molecule has 0 saturated heterocycles. The molecule has 0 aliphatic heterocycles. The van der Waals surface area contributed by atoms with Crippen molar-refractivity contribution in [1.82, 2.24) is 5.32 Å². The van der Waals surface area contributed by atoms with Gasteiger partial charge in [-0.2, -0.15) is 5.26 Å². The zero-order valence-corrected chi connectivity index (χ0v) is 10.0. The minimum atomic E-state index is 0.556. The number of hydrogen-bond acceptors (Lipinski definition) is 2. The Morgan fingerprint density at radius 3 is 2.75 bits per heavy atom. The van der Waals surface area contributed by atoms with Crippen LogP contribution in [0.15, 0.2) is 18.2 Å². The lowest BCUT2D eigenvalue weighted by atomic mass is 10.1. The van der Waals surface area contributed by atoms with Gasteiger partial charge in [0.15, 0.2) is 0 Å². The summed E-state index contributed by atoms with van der Waals surface area (Å²) in [6.45, 7) is 6.40. The predicted octanol–water partition coefficient (Wildman–Crippen LogP) is 2.76. The molecule has 1 aliphatic rings. The number of nitrogens with one attached hydrogen (secondary N) is 1. The minimum absolute atomic E-state index is 0.556. The molecule has 2 nitrogen and oxygen atoms in total. The van der Waals surface area contributed by atoms with E-state index in [4.69, 9.17) is 5.26 Å². The van der Waals surface area contributed by atoms with Crippen molar-refractivity contribution < 1.29 is 0 Å². The van der Waals surface area contributed by atoms with E-state index in [-0.39, 0.29) is 0 Å². The van der Waals surface area contributed by atoms with Crippen LogP contribution in [0.25, 0.3) is 0 Å². The molecule has 0 unspecified atom stereocenters. The Bertz CT molecular complexity index is 425. The average Bonchev–Trinajstić information content (AvgIpc) is 2.99. The van der Waals surface area contributed by atoms with Gasteiger partial charge in [0.1, 0.15) is 0 Å². The fraction of sp³-hybridized carbons (Fsp3) is 0.500. The van der Waals surface area contributed by atoms with Crippen molar-refractivity contribution in [3.8, 4) is 6.07 Å². The first-order valence-electron chi connectivity index (χ1n) is 5.83. The van der Waals surface area contributed by atoms with Crippen LogP contribution in [0.2, 0.25) is 0 Å². The maximum atomic E-state index is 8.78. The number of rotatable bonds is 4.